The molecule has 0 saturated carbocycles. The van der Waals surface area contributed by atoms with Crippen LogP contribution in [-0.2, 0) is 11.2 Å². The van der Waals surface area contributed by atoms with E-state index in [0.29, 0.717) is 12.0 Å². The molecule has 0 aliphatic carbocycles. The number of hydrogen-bond donors (Lipinski definition) is 1. The van der Waals surface area contributed by atoms with Crippen molar-refractivity contribution in [3.05, 3.63) is 34.1 Å². The summed E-state index contributed by atoms with van der Waals surface area (Å²) in [6.45, 7) is 6.29. The molecule has 0 spiro atoms. The summed E-state index contributed by atoms with van der Waals surface area (Å²) in [6.07, 6.45) is 1.35. The third-order valence-corrected chi connectivity index (χ3v) is 3.53. The summed E-state index contributed by atoms with van der Waals surface area (Å²) in [4.78, 5) is 11.9. The Morgan fingerprint density at radius 3 is 2.63 bits per heavy atom. The topological polar surface area (TPSA) is 43.1 Å². The van der Waals surface area contributed by atoms with Crippen LogP contribution >= 0.6 is 15.9 Å². The molecule has 0 bridgehead atoms. The number of Topliss-reactive ketones (excluding diaryl/α,β-unsaturated/α-hetero) is 1. The zero-order valence-electron chi connectivity index (χ0n) is 11.7. The highest BCUT2D eigenvalue weighted by Crippen LogP contribution is 2.22. The van der Waals surface area contributed by atoms with E-state index >= 15 is 0 Å². The van der Waals surface area contributed by atoms with E-state index < -0.39 is 0 Å². The van der Waals surface area contributed by atoms with Gasteiger partial charge in [-0.05, 0) is 35.6 Å². The van der Waals surface area contributed by atoms with Crippen LogP contribution in [0, 0.1) is 11.2 Å². The molecule has 4 heteroatoms. The molecule has 0 aliphatic heterocycles. The number of carbonyl (C=O) groups is 1. The molecular formula is C15H21BrFNO. The first kappa shape index (κ1) is 16.3. The summed E-state index contributed by atoms with van der Waals surface area (Å²) in [7, 11) is 0. The first-order valence-corrected chi connectivity index (χ1v) is 7.18. The number of nitrogens with two attached hydrogens (primary N) is 1. The van der Waals surface area contributed by atoms with Crippen LogP contribution in [0.3, 0.4) is 0 Å². The summed E-state index contributed by atoms with van der Waals surface area (Å²) in [5, 5.41) is 0. The minimum absolute atomic E-state index is 0.0445. The summed E-state index contributed by atoms with van der Waals surface area (Å²) < 4.78 is 13.9. The minimum Gasteiger partial charge on any atom is -0.327 e. The van der Waals surface area contributed by atoms with Gasteiger partial charge in [0.05, 0.1) is 0 Å². The van der Waals surface area contributed by atoms with E-state index in [4.69, 9.17) is 5.73 Å². The largest absolute Gasteiger partial charge is 0.327 e. The van der Waals surface area contributed by atoms with E-state index in [2.05, 4.69) is 36.7 Å². The van der Waals surface area contributed by atoms with E-state index in [-0.39, 0.29) is 29.5 Å². The van der Waals surface area contributed by atoms with Gasteiger partial charge in [0, 0.05) is 23.4 Å². The Balaban J connectivity index is 2.58. The maximum absolute atomic E-state index is 13.1. The van der Waals surface area contributed by atoms with E-state index in [0.717, 1.165) is 10.9 Å². The molecule has 2 N–H and O–H groups in total. The molecular weight excluding hydrogens is 309 g/mol. The van der Waals surface area contributed by atoms with Crippen LogP contribution in [0.1, 0.15) is 39.2 Å². The molecule has 0 radical (unpaired) electrons. The smallest absolute Gasteiger partial charge is 0.138 e. The van der Waals surface area contributed by atoms with Gasteiger partial charge in [-0.15, -0.1) is 0 Å². The van der Waals surface area contributed by atoms with Crippen molar-refractivity contribution in [1.29, 1.82) is 0 Å². The first-order valence-electron chi connectivity index (χ1n) is 6.38. The number of benzene rings is 1. The Kier molecular flexibility index (Phi) is 5.68. The zero-order valence-corrected chi connectivity index (χ0v) is 13.3. The normalized spacial score (nSPS) is 13.4. The van der Waals surface area contributed by atoms with Gasteiger partial charge < -0.3 is 5.73 Å². The van der Waals surface area contributed by atoms with Crippen LogP contribution in [0.2, 0.25) is 0 Å². The number of ketones is 1. The Morgan fingerprint density at radius 2 is 2.05 bits per heavy atom. The van der Waals surface area contributed by atoms with Crippen LogP contribution < -0.4 is 5.73 Å². The first-order chi connectivity index (χ1) is 8.67. The summed E-state index contributed by atoms with van der Waals surface area (Å²) in [5.74, 6) is -0.284. The van der Waals surface area contributed by atoms with Crippen LogP contribution in [-0.4, -0.2) is 11.8 Å². The van der Waals surface area contributed by atoms with Crippen molar-refractivity contribution < 1.29 is 9.18 Å². The average Bonchev–Trinajstić information content (AvgIpc) is 2.20. The molecule has 1 atom stereocenters. The minimum atomic E-state index is -0.329. The molecule has 0 fully saturated rings. The van der Waals surface area contributed by atoms with Crippen molar-refractivity contribution >= 4 is 21.7 Å². The Hall–Kier alpha value is -0.740. The van der Waals surface area contributed by atoms with Crippen LogP contribution in [0.4, 0.5) is 4.39 Å². The van der Waals surface area contributed by atoms with Gasteiger partial charge >= 0.3 is 0 Å². The molecule has 2 nitrogen and oxygen atoms in total. The van der Waals surface area contributed by atoms with E-state index in [1.54, 1.807) is 6.07 Å². The molecule has 0 saturated heterocycles. The van der Waals surface area contributed by atoms with Crippen LogP contribution in [0.5, 0.6) is 0 Å². The predicted octanol–water partition coefficient (Wildman–Crippen LogP) is 3.85. The molecule has 1 rings (SSSR count). The molecule has 0 aromatic heterocycles. The molecule has 0 heterocycles. The summed E-state index contributed by atoms with van der Waals surface area (Å²) >= 11 is 3.32. The third kappa shape index (κ3) is 6.30. The monoisotopic (exact) mass is 329 g/mol. The standard InChI is InChI=1S/C15H21BrFNO/c1-15(2,3)9-12(18)8-13(19)7-10-6-11(17)4-5-14(10)16/h4-6,12H,7-9,18H2,1-3H3. The third-order valence-electron chi connectivity index (χ3n) is 2.76. The van der Waals surface area contributed by atoms with E-state index in [1.165, 1.54) is 12.1 Å². The van der Waals surface area contributed by atoms with Crippen molar-refractivity contribution in [1.82, 2.24) is 0 Å². The van der Waals surface area contributed by atoms with Crippen molar-refractivity contribution in [2.45, 2.75) is 46.1 Å². The number of halogens is 2. The average molecular weight is 330 g/mol. The van der Waals surface area contributed by atoms with Crippen LogP contribution in [0.15, 0.2) is 22.7 Å². The maximum Gasteiger partial charge on any atom is 0.138 e. The van der Waals surface area contributed by atoms with E-state index in [9.17, 15) is 9.18 Å². The highest BCUT2D eigenvalue weighted by molar-refractivity contribution is 9.10. The van der Waals surface area contributed by atoms with Gasteiger partial charge in [0.1, 0.15) is 11.6 Å². The van der Waals surface area contributed by atoms with Crippen molar-refractivity contribution in [3.8, 4) is 0 Å². The van der Waals surface area contributed by atoms with Gasteiger partial charge in [-0.2, -0.15) is 0 Å². The fraction of sp³-hybridized carbons (Fsp3) is 0.533. The van der Waals surface area contributed by atoms with Crippen molar-refractivity contribution in [3.63, 3.8) is 0 Å². The van der Waals surface area contributed by atoms with Gasteiger partial charge in [0.2, 0.25) is 0 Å². The van der Waals surface area contributed by atoms with Crippen molar-refractivity contribution in [2.24, 2.45) is 11.1 Å². The zero-order chi connectivity index (χ0) is 14.6. The lowest BCUT2D eigenvalue weighted by Gasteiger charge is -2.22. The van der Waals surface area contributed by atoms with Gasteiger partial charge in [0.15, 0.2) is 0 Å². The summed E-state index contributed by atoms with van der Waals surface area (Å²) in [6, 6.07) is 4.23. The quantitative estimate of drug-likeness (QED) is 0.891. The summed E-state index contributed by atoms with van der Waals surface area (Å²) in [5.41, 5.74) is 6.76. The van der Waals surface area contributed by atoms with Gasteiger partial charge in [-0.3, -0.25) is 4.79 Å². The fourth-order valence-electron chi connectivity index (χ4n) is 2.11. The second-order valence-electron chi connectivity index (χ2n) is 6.18. The molecule has 0 aliphatic rings. The van der Waals surface area contributed by atoms with E-state index in [1.807, 2.05) is 0 Å². The van der Waals surface area contributed by atoms with Crippen LogP contribution in [0.25, 0.3) is 0 Å². The Bertz CT molecular complexity index is 454. The predicted molar refractivity (Wildman–Crippen MR) is 79.5 cm³/mol. The maximum atomic E-state index is 13.1. The Morgan fingerprint density at radius 1 is 1.42 bits per heavy atom. The lowest BCUT2D eigenvalue weighted by atomic mass is 9.86. The SMILES string of the molecule is CC(C)(C)CC(N)CC(=O)Cc1cc(F)ccc1Br. The number of rotatable bonds is 5. The molecule has 19 heavy (non-hydrogen) atoms. The molecule has 1 unspecified atom stereocenters. The van der Waals surface area contributed by atoms with Gasteiger partial charge in [-0.25, -0.2) is 4.39 Å². The van der Waals surface area contributed by atoms with Gasteiger partial charge in [-0.1, -0.05) is 36.7 Å². The second kappa shape index (κ2) is 6.62. The Labute approximate surface area is 122 Å². The lowest BCUT2D eigenvalue weighted by molar-refractivity contribution is -0.118. The fourth-order valence-corrected chi connectivity index (χ4v) is 2.50. The lowest BCUT2D eigenvalue weighted by Crippen LogP contribution is -2.29. The van der Waals surface area contributed by atoms with Crippen molar-refractivity contribution in [2.75, 3.05) is 0 Å². The molecule has 106 valence electrons. The number of hydrogen-bond acceptors (Lipinski definition) is 2. The molecule has 1 aromatic carbocycles. The number of carbonyl (C=O) groups excluding carboxylic acids is 1. The highest BCUT2D eigenvalue weighted by atomic mass is 79.9. The highest BCUT2D eigenvalue weighted by Gasteiger charge is 2.18. The molecule has 0 amide bonds. The van der Waals surface area contributed by atoms with Gasteiger partial charge in [0.25, 0.3) is 0 Å². The second-order valence-corrected chi connectivity index (χ2v) is 7.03. The molecule has 1 aromatic rings.